The van der Waals surface area contributed by atoms with E-state index in [0.717, 1.165) is 6.26 Å². The van der Waals surface area contributed by atoms with Crippen LogP contribution in [0.15, 0.2) is 63.7 Å². The van der Waals surface area contributed by atoms with E-state index in [0.29, 0.717) is 28.0 Å². The van der Waals surface area contributed by atoms with Crippen LogP contribution in [0.4, 0.5) is 4.39 Å². The SMILES string of the molecule is CS(=O)(=O)c1ccc(-n2nc(SC/C=N/O)nc2-c2ccc(F)cc2)cc1. The number of halogens is 1. The molecule has 0 atom stereocenters. The van der Waals surface area contributed by atoms with Gasteiger partial charge < -0.3 is 5.21 Å². The van der Waals surface area contributed by atoms with Crippen molar-refractivity contribution in [3.63, 3.8) is 0 Å². The number of benzene rings is 2. The van der Waals surface area contributed by atoms with Crippen molar-refractivity contribution < 1.29 is 18.0 Å². The Morgan fingerprint density at radius 2 is 1.85 bits per heavy atom. The standard InChI is InChI=1S/C17H15FN4O3S2/c1-27(24,25)15-8-6-14(7-9-15)22-16(12-2-4-13(18)5-3-12)20-17(21-22)26-11-10-19-23/h2-10,23H,11H2,1H3/b19-10+. The summed E-state index contributed by atoms with van der Waals surface area (Å²) in [6, 6.07) is 12.1. The Balaban J connectivity index is 2.05. The molecule has 0 aliphatic rings. The van der Waals surface area contributed by atoms with Crippen molar-refractivity contribution in [1.29, 1.82) is 0 Å². The van der Waals surface area contributed by atoms with Crippen molar-refractivity contribution in [3.8, 4) is 17.1 Å². The Labute approximate surface area is 159 Å². The summed E-state index contributed by atoms with van der Waals surface area (Å²) in [6.07, 6.45) is 2.45. The molecular formula is C17H15FN4O3S2. The van der Waals surface area contributed by atoms with Gasteiger partial charge in [0.25, 0.3) is 0 Å². The first-order valence-electron chi connectivity index (χ1n) is 7.70. The first-order chi connectivity index (χ1) is 12.9. The van der Waals surface area contributed by atoms with Gasteiger partial charge in [-0.25, -0.2) is 22.5 Å². The number of hydrogen-bond acceptors (Lipinski definition) is 7. The van der Waals surface area contributed by atoms with Crippen LogP contribution in [-0.2, 0) is 9.84 Å². The molecule has 0 unspecified atom stereocenters. The molecule has 10 heteroatoms. The van der Waals surface area contributed by atoms with E-state index in [-0.39, 0.29) is 10.7 Å². The number of thioether (sulfide) groups is 1. The molecule has 3 aromatic rings. The van der Waals surface area contributed by atoms with Gasteiger partial charge in [0.15, 0.2) is 15.7 Å². The summed E-state index contributed by atoms with van der Waals surface area (Å²) in [5.41, 5.74) is 1.26. The summed E-state index contributed by atoms with van der Waals surface area (Å²) in [5, 5.41) is 16.3. The smallest absolute Gasteiger partial charge is 0.209 e. The van der Waals surface area contributed by atoms with Gasteiger partial charge in [-0.15, -0.1) is 10.3 Å². The Kier molecular flexibility index (Phi) is 5.57. The van der Waals surface area contributed by atoms with Crippen LogP contribution in [0.1, 0.15) is 0 Å². The van der Waals surface area contributed by atoms with Gasteiger partial charge in [-0.05, 0) is 48.5 Å². The Bertz CT molecular complexity index is 1060. The van der Waals surface area contributed by atoms with Gasteiger partial charge in [-0.1, -0.05) is 11.8 Å². The van der Waals surface area contributed by atoms with Crippen molar-refractivity contribution in [3.05, 3.63) is 54.3 Å². The quantitative estimate of drug-likeness (QED) is 0.292. The molecule has 0 radical (unpaired) electrons. The van der Waals surface area contributed by atoms with Crippen LogP contribution < -0.4 is 0 Å². The highest BCUT2D eigenvalue weighted by molar-refractivity contribution is 7.99. The third kappa shape index (κ3) is 4.52. The largest absolute Gasteiger partial charge is 0.411 e. The van der Waals surface area contributed by atoms with Crippen molar-refractivity contribution >= 4 is 27.8 Å². The van der Waals surface area contributed by atoms with Gasteiger partial charge in [-0.3, -0.25) is 0 Å². The topological polar surface area (TPSA) is 97.4 Å². The second-order valence-electron chi connectivity index (χ2n) is 5.51. The third-order valence-electron chi connectivity index (χ3n) is 3.57. The Hall–Kier alpha value is -2.72. The number of aromatic nitrogens is 3. The van der Waals surface area contributed by atoms with Crippen LogP contribution in [0.5, 0.6) is 0 Å². The van der Waals surface area contributed by atoms with Crippen molar-refractivity contribution in [1.82, 2.24) is 14.8 Å². The number of oxime groups is 1. The van der Waals surface area contributed by atoms with E-state index in [1.165, 1.54) is 42.2 Å². The van der Waals surface area contributed by atoms with E-state index in [9.17, 15) is 12.8 Å². The molecule has 0 spiro atoms. The Morgan fingerprint density at radius 3 is 2.44 bits per heavy atom. The van der Waals surface area contributed by atoms with E-state index in [1.807, 2.05) is 0 Å². The molecule has 7 nitrogen and oxygen atoms in total. The molecule has 0 fully saturated rings. The lowest BCUT2D eigenvalue weighted by Gasteiger charge is -2.07. The van der Waals surface area contributed by atoms with Gasteiger partial charge in [-0.2, -0.15) is 0 Å². The predicted molar refractivity (Wildman–Crippen MR) is 101 cm³/mol. The van der Waals surface area contributed by atoms with Gasteiger partial charge in [0.2, 0.25) is 5.16 Å². The first-order valence-corrected chi connectivity index (χ1v) is 10.6. The second-order valence-corrected chi connectivity index (χ2v) is 8.51. The minimum atomic E-state index is -3.31. The fraction of sp³-hybridized carbons (Fsp3) is 0.118. The first kappa shape index (κ1) is 19.1. The molecule has 27 heavy (non-hydrogen) atoms. The summed E-state index contributed by atoms with van der Waals surface area (Å²) in [6.45, 7) is 0. The maximum atomic E-state index is 13.3. The zero-order valence-corrected chi connectivity index (χ0v) is 15.8. The van der Waals surface area contributed by atoms with Crippen LogP contribution in [0, 0.1) is 5.82 Å². The fourth-order valence-electron chi connectivity index (χ4n) is 2.30. The highest BCUT2D eigenvalue weighted by Gasteiger charge is 2.15. The Morgan fingerprint density at radius 1 is 1.19 bits per heavy atom. The van der Waals surface area contributed by atoms with Gasteiger partial charge in [0.05, 0.1) is 16.8 Å². The summed E-state index contributed by atoms with van der Waals surface area (Å²) in [7, 11) is -3.31. The molecule has 0 aliphatic heterocycles. The highest BCUT2D eigenvalue weighted by Crippen LogP contribution is 2.25. The molecule has 0 aliphatic carbocycles. The predicted octanol–water partition coefficient (Wildman–Crippen LogP) is 3.03. The van der Waals surface area contributed by atoms with E-state index < -0.39 is 9.84 Å². The summed E-state index contributed by atoms with van der Waals surface area (Å²) in [5.74, 6) is 0.484. The molecule has 0 amide bonds. The summed E-state index contributed by atoms with van der Waals surface area (Å²) >= 11 is 1.26. The van der Waals surface area contributed by atoms with Crippen molar-refractivity contribution in [2.45, 2.75) is 10.1 Å². The van der Waals surface area contributed by atoms with Crippen molar-refractivity contribution in [2.75, 3.05) is 12.0 Å². The maximum Gasteiger partial charge on any atom is 0.209 e. The molecule has 1 heterocycles. The van der Waals surface area contributed by atoms with Crippen LogP contribution in [0.2, 0.25) is 0 Å². The molecule has 0 saturated carbocycles. The average Bonchev–Trinajstić information content (AvgIpc) is 3.06. The molecule has 1 N–H and O–H groups in total. The molecule has 140 valence electrons. The number of nitrogens with zero attached hydrogens (tertiary/aromatic N) is 4. The molecule has 1 aromatic heterocycles. The molecule has 0 saturated heterocycles. The minimum absolute atomic E-state index is 0.198. The zero-order chi connectivity index (χ0) is 19.4. The number of rotatable bonds is 6. The number of hydrogen-bond donors (Lipinski definition) is 1. The van der Waals surface area contributed by atoms with Crippen LogP contribution in [-0.4, -0.2) is 46.6 Å². The van der Waals surface area contributed by atoms with E-state index in [4.69, 9.17) is 5.21 Å². The zero-order valence-electron chi connectivity index (χ0n) is 14.2. The summed E-state index contributed by atoms with van der Waals surface area (Å²) < 4.78 is 38.1. The molecule has 0 bridgehead atoms. The van der Waals surface area contributed by atoms with E-state index in [1.54, 1.807) is 28.9 Å². The highest BCUT2D eigenvalue weighted by atomic mass is 32.2. The van der Waals surface area contributed by atoms with Crippen LogP contribution >= 0.6 is 11.8 Å². The van der Waals surface area contributed by atoms with Crippen molar-refractivity contribution in [2.24, 2.45) is 5.16 Å². The molecule has 3 rings (SSSR count). The van der Waals surface area contributed by atoms with Crippen LogP contribution in [0.25, 0.3) is 17.1 Å². The van der Waals surface area contributed by atoms with Gasteiger partial charge in [0.1, 0.15) is 5.82 Å². The summed E-state index contributed by atoms with van der Waals surface area (Å²) in [4.78, 5) is 4.66. The lowest BCUT2D eigenvalue weighted by molar-refractivity contribution is 0.321. The lowest BCUT2D eigenvalue weighted by atomic mass is 10.2. The normalized spacial score (nSPS) is 11.9. The number of sulfone groups is 1. The molecular weight excluding hydrogens is 391 g/mol. The van der Waals surface area contributed by atoms with E-state index in [2.05, 4.69) is 15.2 Å². The second kappa shape index (κ2) is 7.89. The van der Waals surface area contributed by atoms with Gasteiger partial charge in [0, 0.05) is 17.6 Å². The fourth-order valence-corrected chi connectivity index (χ4v) is 3.51. The lowest BCUT2D eigenvalue weighted by Crippen LogP contribution is -2.02. The average molecular weight is 406 g/mol. The monoisotopic (exact) mass is 406 g/mol. The third-order valence-corrected chi connectivity index (χ3v) is 5.44. The van der Waals surface area contributed by atoms with E-state index >= 15 is 0 Å². The molecule has 2 aromatic carbocycles. The minimum Gasteiger partial charge on any atom is -0.411 e. The van der Waals surface area contributed by atoms with Crippen LogP contribution in [0.3, 0.4) is 0 Å². The van der Waals surface area contributed by atoms with Gasteiger partial charge >= 0.3 is 0 Å². The maximum absolute atomic E-state index is 13.3.